The van der Waals surface area contributed by atoms with Gasteiger partial charge in [-0.05, 0) is 74.2 Å². The first-order valence-corrected chi connectivity index (χ1v) is 13.3. The molecule has 2 heterocycles. The number of hydrogen-bond donors (Lipinski definition) is 1. The van der Waals surface area contributed by atoms with Gasteiger partial charge in [0.1, 0.15) is 30.4 Å². The van der Waals surface area contributed by atoms with Crippen LogP contribution in [0.1, 0.15) is 42.3 Å². The summed E-state index contributed by atoms with van der Waals surface area (Å²) in [5, 5.41) is 12.1. The molecule has 4 rings (SSSR count). The minimum Gasteiger partial charge on any atom is -0.493 e. The number of rotatable bonds is 11. The number of hydrogen-bond acceptors (Lipinski definition) is 6. The largest absolute Gasteiger partial charge is 0.493 e. The first-order valence-electron chi connectivity index (χ1n) is 12.9. The maximum Gasteiger partial charge on any atom is 0.161 e. The number of nitrogens with zero attached hydrogens (tertiary/aromatic N) is 3. The van der Waals surface area contributed by atoms with Gasteiger partial charge in [0, 0.05) is 36.9 Å². The SMILES string of the molecule is CCc1nccn1CCOc1cc(CN2CCCC(O)(COc3cc(C)c(Cl)c(C)c3)C2)ccc1OC. The fraction of sp³-hybridized carbons (Fsp3) is 0.483. The predicted octanol–water partition coefficient (Wildman–Crippen LogP) is 5.21. The van der Waals surface area contributed by atoms with Crippen molar-refractivity contribution in [2.45, 2.75) is 58.7 Å². The Kier molecular flexibility index (Phi) is 9.00. The van der Waals surface area contributed by atoms with E-state index >= 15 is 0 Å². The molecule has 0 spiro atoms. The monoisotopic (exact) mass is 527 g/mol. The summed E-state index contributed by atoms with van der Waals surface area (Å²) >= 11 is 6.28. The van der Waals surface area contributed by atoms with Crippen molar-refractivity contribution < 1.29 is 19.3 Å². The summed E-state index contributed by atoms with van der Waals surface area (Å²) in [6.07, 6.45) is 6.30. The molecule has 1 aliphatic rings. The van der Waals surface area contributed by atoms with Crippen LogP contribution in [0.3, 0.4) is 0 Å². The Hall–Kier alpha value is -2.74. The molecule has 8 heteroatoms. The third-order valence-electron chi connectivity index (χ3n) is 6.89. The van der Waals surface area contributed by atoms with Crippen LogP contribution in [0, 0.1) is 13.8 Å². The molecule has 200 valence electrons. The number of methoxy groups -OCH3 is 1. The Morgan fingerprint density at radius 2 is 1.89 bits per heavy atom. The zero-order valence-electron chi connectivity index (χ0n) is 22.3. The molecule has 1 N–H and O–H groups in total. The third-order valence-corrected chi connectivity index (χ3v) is 7.49. The molecule has 1 aromatic heterocycles. The number of aliphatic hydroxyl groups is 1. The van der Waals surface area contributed by atoms with Crippen LogP contribution in [-0.4, -0.2) is 58.6 Å². The number of imidazole rings is 1. The topological polar surface area (TPSA) is 69.0 Å². The predicted molar refractivity (Wildman–Crippen MR) is 146 cm³/mol. The van der Waals surface area contributed by atoms with E-state index in [0.29, 0.717) is 31.9 Å². The Balaban J connectivity index is 1.36. The lowest BCUT2D eigenvalue weighted by atomic mass is 9.93. The summed E-state index contributed by atoms with van der Waals surface area (Å²) in [5.74, 6) is 3.22. The minimum atomic E-state index is -0.909. The molecule has 1 aliphatic heterocycles. The lowest BCUT2D eigenvalue weighted by Crippen LogP contribution is -2.51. The fourth-order valence-electron chi connectivity index (χ4n) is 4.97. The zero-order chi connectivity index (χ0) is 26.4. The van der Waals surface area contributed by atoms with Gasteiger partial charge in [-0.3, -0.25) is 4.90 Å². The van der Waals surface area contributed by atoms with Crippen LogP contribution in [0.15, 0.2) is 42.7 Å². The minimum absolute atomic E-state index is 0.245. The van der Waals surface area contributed by atoms with Crippen LogP contribution in [0.2, 0.25) is 5.02 Å². The number of aromatic nitrogens is 2. The second kappa shape index (κ2) is 12.2. The average molecular weight is 528 g/mol. The van der Waals surface area contributed by atoms with Gasteiger partial charge in [-0.25, -0.2) is 4.98 Å². The smallest absolute Gasteiger partial charge is 0.161 e. The van der Waals surface area contributed by atoms with Crippen molar-refractivity contribution in [2.75, 3.05) is 33.4 Å². The molecule has 0 amide bonds. The molecule has 7 nitrogen and oxygen atoms in total. The van der Waals surface area contributed by atoms with Crippen molar-refractivity contribution in [1.82, 2.24) is 14.5 Å². The molecule has 0 saturated carbocycles. The lowest BCUT2D eigenvalue weighted by molar-refractivity contribution is -0.0621. The molecule has 1 saturated heterocycles. The maximum atomic E-state index is 11.3. The summed E-state index contributed by atoms with van der Waals surface area (Å²) < 4.78 is 19.8. The molecule has 1 atom stereocenters. The number of piperidine rings is 1. The number of aryl methyl sites for hydroxylation is 3. The summed E-state index contributed by atoms with van der Waals surface area (Å²) in [6, 6.07) is 9.89. The van der Waals surface area contributed by atoms with Gasteiger partial charge in [-0.1, -0.05) is 24.6 Å². The van der Waals surface area contributed by atoms with E-state index in [4.69, 9.17) is 25.8 Å². The van der Waals surface area contributed by atoms with Crippen molar-refractivity contribution in [3.63, 3.8) is 0 Å². The van der Waals surface area contributed by atoms with Crippen molar-refractivity contribution in [3.8, 4) is 17.2 Å². The van der Waals surface area contributed by atoms with Gasteiger partial charge in [0.15, 0.2) is 11.5 Å². The van der Waals surface area contributed by atoms with Crippen LogP contribution < -0.4 is 14.2 Å². The van der Waals surface area contributed by atoms with Crippen molar-refractivity contribution in [2.24, 2.45) is 0 Å². The van der Waals surface area contributed by atoms with Gasteiger partial charge in [-0.2, -0.15) is 0 Å². The van der Waals surface area contributed by atoms with E-state index in [1.807, 2.05) is 50.5 Å². The number of benzene rings is 2. The number of halogens is 1. The molecule has 0 radical (unpaired) electrons. The highest BCUT2D eigenvalue weighted by Crippen LogP contribution is 2.31. The Morgan fingerprint density at radius 1 is 1.11 bits per heavy atom. The second-order valence-corrected chi connectivity index (χ2v) is 10.3. The number of ether oxygens (including phenoxy) is 3. The van der Waals surface area contributed by atoms with Crippen LogP contribution in [0.4, 0.5) is 0 Å². The van der Waals surface area contributed by atoms with E-state index in [1.165, 1.54) is 0 Å². The van der Waals surface area contributed by atoms with E-state index in [9.17, 15) is 5.11 Å². The highest BCUT2D eigenvalue weighted by atomic mass is 35.5. The second-order valence-electron chi connectivity index (χ2n) is 9.92. The van der Waals surface area contributed by atoms with Crippen LogP contribution in [-0.2, 0) is 19.5 Å². The van der Waals surface area contributed by atoms with Gasteiger partial charge >= 0.3 is 0 Å². The number of β-amino-alcohol motifs (C(OH)–C–C–N with tert-alkyl or cyclic N) is 1. The lowest BCUT2D eigenvalue weighted by Gasteiger charge is -2.39. The average Bonchev–Trinajstić information content (AvgIpc) is 3.34. The van der Waals surface area contributed by atoms with E-state index < -0.39 is 5.60 Å². The highest BCUT2D eigenvalue weighted by molar-refractivity contribution is 6.32. The first kappa shape index (κ1) is 27.3. The molecule has 0 aliphatic carbocycles. The van der Waals surface area contributed by atoms with Gasteiger partial charge in [0.2, 0.25) is 0 Å². The Bertz CT molecular complexity index is 1170. The third kappa shape index (κ3) is 6.98. The molecular formula is C29H38ClN3O4. The summed E-state index contributed by atoms with van der Waals surface area (Å²) in [6.45, 7) is 9.69. The standard InChI is InChI=1S/C29H38ClN3O4/c1-5-27-31-10-12-33(27)13-14-36-26-17-23(7-8-25(26)35-4)18-32-11-6-9-29(34,19-32)20-37-24-15-21(2)28(30)22(3)16-24/h7-8,10,12,15-17,34H,5-6,9,11,13-14,18-20H2,1-4H3. The molecular weight excluding hydrogens is 490 g/mol. The molecule has 2 aromatic carbocycles. The molecule has 1 fully saturated rings. The van der Waals surface area contributed by atoms with E-state index in [0.717, 1.165) is 65.0 Å². The van der Waals surface area contributed by atoms with E-state index in [-0.39, 0.29) is 6.61 Å². The van der Waals surface area contributed by atoms with Crippen LogP contribution in [0.25, 0.3) is 0 Å². The van der Waals surface area contributed by atoms with E-state index in [2.05, 4.69) is 27.4 Å². The normalized spacial score (nSPS) is 18.1. The quantitative estimate of drug-likeness (QED) is 0.369. The maximum absolute atomic E-state index is 11.3. The zero-order valence-corrected chi connectivity index (χ0v) is 23.1. The van der Waals surface area contributed by atoms with Gasteiger partial charge < -0.3 is 23.9 Å². The van der Waals surface area contributed by atoms with Gasteiger partial charge in [0.05, 0.1) is 13.7 Å². The molecule has 3 aromatic rings. The van der Waals surface area contributed by atoms with Crippen LogP contribution >= 0.6 is 11.6 Å². The Morgan fingerprint density at radius 3 is 2.62 bits per heavy atom. The molecule has 0 bridgehead atoms. The van der Waals surface area contributed by atoms with Gasteiger partial charge in [-0.15, -0.1) is 0 Å². The molecule has 37 heavy (non-hydrogen) atoms. The first-order chi connectivity index (χ1) is 17.8. The summed E-state index contributed by atoms with van der Waals surface area (Å²) in [4.78, 5) is 6.64. The van der Waals surface area contributed by atoms with Crippen molar-refractivity contribution in [1.29, 1.82) is 0 Å². The Labute approximate surface area is 224 Å². The van der Waals surface area contributed by atoms with Crippen LogP contribution in [0.5, 0.6) is 17.2 Å². The fourth-order valence-corrected chi connectivity index (χ4v) is 5.08. The number of likely N-dealkylation sites (tertiary alicyclic amines) is 1. The highest BCUT2D eigenvalue weighted by Gasteiger charge is 2.34. The van der Waals surface area contributed by atoms with E-state index in [1.54, 1.807) is 7.11 Å². The van der Waals surface area contributed by atoms with Gasteiger partial charge in [0.25, 0.3) is 0 Å². The summed E-state index contributed by atoms with van der Waals surface area (Å²) in [5.41, 5.74) is 2.15. The van der Waals surface area contributed by atoms with Crippen molar-refractivity contribution >= 4 is 11.6 Å². The summed E-state index contributed by atoms with van der Waals surface area (Å²) in [7, 11) is 1.65. The molecule has 1 unspecified atom stereocenters. The van der Waals surface area contributed by atoms with Crippen molar-refractivity contribution in [3.05, 3.63) is 70.3 Å².